The number of carbonyl (C=O) groups excluding carboxylic acids is 1. The Balaban J connectivity index is 1.53. The van der Waals surface area contributed by atoms with Gasteiger partial charge in [-0.25, -0.2) is 4.98 Å². The fourth-order valence-corrected chi connectivity index (χ4v) is 3.14. The number of rotatable bonds is 3. The van der Waals surface area contributed by atoms with E-state index in [0.717, 1.165) is 30.6 Å². The molecule has 1 aliphatic rings. The number of oxazole rings is 1. The number of fused-ring (bicyclic) bond motifs is 1. The highest BCUT2D eigenvalue weighted by atomic mass is 16.3. The molecule has 0 unspecified atom stereocenters. The predicted molar refractivity (Wildman–Crippen MR) is 92.8 cm³/mol. The number of hydrogen-bond donors (Lipinski definition) is 0. The molecule has 4 nitrogen and oxygen atoms in total. The predicted octanol–water partition coefficient (Wildman–Crippen LogP) is 3.86. The highest BCUT2D eigenvalue weighted by Gasteiger charge is 2.23. The smallest absolute Gasteiger partial charge is 0.233 e. The van der Waals surface area contributed by atoms with Crippen molar-refractivity contribution in [3.05, 3.63) is 72.1 Å². The quantitative estimate of drug-likeness (QED) is 0.736. The van der Waals surface area contributed by atoms with E-state index in [-0.39, 0.29) is 12.3 Å². The largest absolute Gasteiger partial charge is 0.444 e. The maximum absolute atomic E-state index is 12.7. The summed E-state index contributed by atoms with van der Waals surface area (Å²) in [7, 11) is 0. The van der Waals surface area contributed by atoms with E-state index in [1.54, 1.807) is 6.26 Å². The summed E-state index contributed by atoms with van der Waals surface area (Å²) in [6, 6.07) is 17.8. The van der Waals surface area contributed by atoms with Crippen LogP contribution < -0.4 is 4.90 Å². The van der Waals surface area contributed by atoms with Crippen LogP contribution in [0.2, 0.25) is 0 Å². The van der Waals surface area contributed by atoms with Crippen LogP contribution >= 0.6 is 0 Å². The molecular formula is C20H18N2O2. The van der Waals surface area contributed by atoms with E-state index in [1.165, 1.54) is 5.56 Å². The number of benzene rings is 2. The molecule has 120 valence electrons. The zero-order chi connectivity index (χ0) is 16.4. The van der Waals surface area contributed by atoms with Crippen molar-refractivity contribution in [2.24, 2.45) is 0 Å². The molecule has 4 rings (SSSR count). The third-order valence-corrected chi connectivity index (χ3v) is 4.32. The lowest BCUT2D eigenvalue weighted by Gasteiger charge is -2.29. The van der Waals surface area contributed by atoms with Gasteiger partial charge in [0.05, 0.1) is 12.1 Å². The molecule has 3 aromatic rings. The molecule has 2 aromatic carbocycles. The Morgan fingerprint density at radius 2 is 1.88 bits per heavy atom. The van der Waals surface area contributed by atoms with Crippen LogP contribution in [0.15, 0.2) is 65.3 Å². The van der Waals surface area contributed by atoms with E-state index < -0.39 is 0 Å². The van der Waals surface area contributed by atoms with Gasteiger partial charge in [-0.3, -0.25) is 4.79 Å². The molecule has 1 aromatic heterocycles. The Morgan fingerprint density at radius 1 is 1.08 bits per heavy atom. The molecule has 0 atom stereocenters. The molecule has 0 saturated heterocycles. The normalized spacial score (nSPS) is 13.6. The first kappa shape index (κ1) is 14.7. The van der Waals surface area contributed by atoms with Gasteiger partial charge in [-0.2, -0.15) is 0 Å². The summed E-state index contributed by atoms with van der Waals surface area (Å²) >= 11 is 0. The highest BCUT2D eigenvalue weighted by Crippen LogP contribution is 2.27. The molecular weight excluding hydrogens is 300 g/mol. The summed E-state index contributed by atoms with van der Waals surface area (Å²) < 4.78 is 5.53. The number of nitrogens with zero attached hydrogens (tertiary/aromatic N) is 2. The first-order valence-electron chi connectivity index (χ1n) is 8.19. The maximum Gasteiger partial charge on any atom is 0.233 e. The second-order valence-electron chi connectivity index (χ2n) is 5.96. The van der Waals surface area contributed by atoms with Gasteiger partial charge in [-0.1, -0.05) is 36.4 Å². The van der Waals surface area contributed by atoms with Gasteiger partial charge in [-0.05, 0) is 36.6 Å². The lowest BCUT2D eigenvalue weighted by Crippen LogP contribution is -2.36. The molecule has 24 heavy (non-hydrogen) atoms. The van der Waals surface area contributed by atoms with Crippen molar-refractivity contribution in [2.45, 2.75) is 19.3 Å². The van der Waals surface area contributed by atoms with Gasteiger partial charge < -0.3 is 9.32 Å². The summed E-state index contributed by atoms with van der Waals surface area (Å²) in [5.41, 5.74) is 3.85. The molecule has 0 aliphatic carbocycles. The molecule has 1 amide bonds. The molecule has 0 spiro atoms. The Morgan fingerprint density at radius 3 is 2.75 bits per heavy atom. The van der Waals surface area contributed by atoms with E-state index in [2.05, 4.69) is 11.1 Å². The van der Waals surface area contributed by atoms with Crippen LogP contribution in [0.4, 0.5) is 5.69 Å². The fraction of sp³-hybridized carbons (Fsp3) is 0.200. The molecule has 0 N–H and O–H groups in total. The zero-order valence-electron chi connectivity index (χ0n) is 13.3. The molecule has 0 bridgehead atoms. The first-order valence-corrected chi connectivity index (χ1v) is 8.19. The molecule has 0 fully saturated rings. The van der Waals surface area contributed by atoms with Gasteiger partial charge in [-0.15, -0.1) is 0 Å². The van der Waals surface area contributed by atoms with Crippen LogP contribution in [-0.4, -0.2) is 17.4 Å². The Labute approximate surface area is 140 Å². The zero-order valence-corrected chi connectivity index (χ0v) is 13.3. The van der Waals surface area contributed by atoms with Crippen molar-refractivity contribution in [3.63, 3.8) is 0 Å². The molecule has 4 heteroatoms. The van der Waals surface area contributed by atoms with Crippen molar-refractivity contribution in [1.82, 2.24) is 4.98 Å². The van der Waals surface area contributed by atoms with Crippen LogP contribution in [0, 0.1) is 0 Å². The SMILES string of the molecule is O=C(Cc1coc(-c2ccccc2)n1)N1CCCc2ccccc21. The van der Waals surface area contributed by atoms with E-state index >= 15 is 0 Å². The molecule has 0 radical (unpaired) electrons. The number of anilines is 1. The number of carbonyl (C=O) groups is 1. The van der Waals surface area contributed by atoms with Crippen molar-refractivity contribution in [3.8, 4) is 11.5 Å². The minimum Gasteiger partial charge on any atom is -0.444 e. The Kier molecular flexibility index (Phi) is 3.87. The summed E-state index contributed by atoms with van der Waals surface area (Å²) in [6.07, 6.45) is 3.86. The van der Waals surface area contributed by atoms with Gasteiger partial charge >= 0.3 is 0 Å². The average Bonchev–Trinajstić information content (AvgIpc) is 3.10. The highest BCUT2D eigenvalue weighted by molar-refractivity contribution is 5.95. The number of hydrogen-bond acceptors (Lipinski definition) is 3. The fourth-order valence-electron chi connectivity index (χ4n) is 3.14. The summed E-state index contributed by atoms with van der Waals surface area (Å²) in [4.78, 5) is 19.0. The summed E-state index contributed by atoms with van der Waals surface area (Å²) in [6.45, 7) is 0.763. The van der Waals surface area contributed by atoms with Crippen molar-refractivity contribution >= 4 is 11.6 Å². The van der Waals surface area contributed by atoms with Crippen LogP contribution in [0.5, 0.6) is 0 Å². The standard InChI is InChI=1S/C20H18N2O2/c23-19(22-12-6-10-15-7-4-5-11-18(15)22)13-17-14-24-20(21-17)16-8-2-1-3-9-16/h1-5,7-9,11,14H,6,10,12-13H2. The van der Waals surface area contributed by atoms with Crippen LogP contribution in [0.1, 0.15) is 17.7 Å². The molecule has 0 saturated carbocycles. The molecule has 2 heterocycles. The number of amides is 1. The number of aryl methyl sites for hydroxylation is 1. The van der Waals surface area contributed by atoms with Gasteiger partial charge in [0.2, 0.25) is 11.8 Å². The minimum atomic E-state index is 0.0649. The summed E-state index contributed by atoms with van der Waals surface area (Å²) in [5.74, 6) is 0.618. The number of para-hydroxylation sites is 1. The van der Waals surface area contributed by atoms with Gasteiger partial charge in [0.1, 0.15) is 6.26 Å². The Bertz CT molecular complexity index is 855. The van der Waals surface area contributed by atoms with Crippen LogP contribution in [-0.2, 0) is 17.6 Å². The Hall–Kier alpha value is -2.88. The maximum atomic E-state index is 12.7. The van der Waals surface area contributed by atoms with E-state index in [4.69, 9.17) is 4.42 Å². The third-order valence-electron chi connectivity index (χ3n) is 4.32. The first-order chi connectivity index (χ1) is 11.8. The lowest BCUT2D eigenvalue weighted by atomic mass is 10.0. The van der Waals surface area contributed by atoms with Crippen molar-refractivity contribution < 1.29 is 9.21 Å². The van der Waals surface area contributed by atoms with Crippen LogP contribution in [0.3, 0.4) is 0 Å². The summed E-state index contributed by atoms with van der Waals surface area (Å²) in [5, 5.41) is 0. The third kappa shape index (κ3) is 2.83. The lowest BCUT2D eigenvalue weighted by molar-refractivity contribution is -0.118. The average molecular weight is 318 g/mol. The topological polar surface area (TPSA) is 46.3 Å². The van der Waals surface area contributed by atoms with Crippen LogP contribution in [0.25, 0.3) is 11.5 Å². The second kappa shape index (κ2) is 6.32. The molecule has 1 aliphatic heterocycles. The minimum absolute atomic E-state index is 0.0649. The van der Waals surface area contributed by atoms with Gasteiger partial charge in [0, 0.05) is 17.8 Å². The van der Waals surface area contributed by atoms with E-state index in [9.17, 15) is 4.79 Å². The second-order valence-corrected chi connectivity index (χ2v) is 5.96. The van der Waals surface area contributed by atoms with E-state index in [0.29, 0.717) is 11.6 Å². The van der Waals surface area contributed by atoms with Crippen molar-refractivity contribution in [2.75, 3.05) is 11.4 Å². The monoisotopic (exact) mass is 318 g/mol. The van der Waals surface area contributed by atoms with Gasteiger partial charge in [0.15, 0.2) is 0 Å². The number of aromatic nitrogens is 1. The van der Waals surface area contributed by atoms with Gasteiger partial charge in [0.25, 0.3) is 0 Å². The van der Waals surface area contributed by atoms with E-state index in [1.807, 2.05) is 53.4 Å². The van der Waals surface area contributed by atoms with Crippen molar-refractivity contribution in [1.29, 1.82) is 0 Å².